The second-order valence-electron chi connectivity index (χ2n) is 3.59. The van der Waals surface area contributed by atoms with Crippen molar-refractivity contribution in [3.05, 3.63) is 24.1 Å². The SMILES string of the molecule is CCS(=O)(=O)CC(C)Nc1cccc(F)n1. The molecule has 1 heterocycles. The Bertz CT molecular complexity index is 448. The molecule has 0 aliphatic heterocycles. The highest BCUT2D eigenvalue weighted by Gasteiger charge is 2.13. The zero-order valence-electron chi connectivity index (χ0n) is 9.27. The van der Waals surface area contributed by atoms with E-state index < -0.39 is 15.8 Å². The van der Waals surface area contributed by atoms with Gasteiger partial charge in [0.15, 0.2) is 9.84 Å². The summed E-state index contributed by atoms with van der Waals surface area (Å²) >= 11 is 0. The van der Waals surface area contributed by atoms with Crippen LogP contribution in [0.2, 0.25) is 0 Å². The van der Waals surface area contributed by atoms with Gasteiger partial charge in [0.05, 0.1) is 5.75 Å². The molecule has 90 valence electrons. The van der Waals surface area contributed by atoms with Gasteiger partial charge in [0, 0.05) is 11.8 Å². The zero-order valence-corrected chi connectivity index (χ0v) is 10.1. The van der Waals surface area contributed by atoms with E-state index in [2.05, 4.69) is 10.3 Å². The molecular formula is C10H15FN2O2S. The molecule has 1 aromatic rings. The Morgan fingerprint density at radius 3 is 2.75 bits per heavy atom. The summed E-state index contributed by atoms with van der Waals surface area (Å²) in [4.78, 5) is 3.60. The Kier molecular flexibility index (Phi) is 4.23. The fourth-order valence-corrected chi connectivity index (χ4v) is 2.36. The topological polar surface area (TPSA) is 59.1 Å². The molecule has 6 heteroatoms. The summed E-state index contributed by atoms with van der Waals surface area (Å²) in [5.74, 6) is -0.119. The van der Waals surface area contributed by atoms with Crippen molar-refractivity contribution < 1.29 is 12.8 Å². The van der Waals surface area contributed by atoms with E-state index in [-0.39, 0.29) is 17.5 Å². The Balaban J connectivity index is 2.62. The van der Waals surface area contributed by atoms with Crippen LogP contribution in [0.4, 0.5) is 10.2 Å². The Labute approximate surface area is 94.8 Å². The van der Waals surface area contributed by atoms with Crippen molar-refractivity contribution in [1.29, 1.82) is 0 Å². The largest absolute Gasteiger partial charge is 0.367 e. The first-order chi connectivity index (χ1) is 7.43. The molecule has 0 amide bonds. The lowest BCUT2D eigenvalue weighted by Crippen LogP contribution is -2.27. The molecule has 1 N–H and O–H groups in total. The van der Waals surface area contributed by atoms with Gasteiger partial charge < -0.3 is 5.32 Å². The van der Waals surface area contributed by atoms with Crippen LogP contribution in [-0.4, -0.2) is 30.9 Å². The molecule has 0 aliphatic carbocycles. The molecule has 1 rings (SSSR count). The Morgan fingerprint density at radius 1 is 1.50 bits per heavy atom. The summed E-state index contributed by atoms with van der Waals surface area (Å²) in [6.45, 7) is 3.32. The van der Waals surface area contributed by atoms with Gasteiger partial charge in [0.25, 0.3) is 0 Å². The van der Waals surface area contributed by atoms with Crippen LogP contribution in [0, 0.1) is 5.95 Å². The number of anilines is 1. The third kappa shape index (κ3) is 4.14. The van der Waals surface area contributed by atoms with Crippen LogP contribution in [0.5, 0.6) is 0 Å². The quantitative estimate of drug-likeness (QED) is 0.799. The number of nitrogens with zero attached hydrogens (tertiary/aromatic N) is 1. The third-order valence-corrected chi connectivity index (χ3v) is 3.94. The van der Waals surface area contributed by atoms with Crippen LogP contribution in [0.15, 0.2) is 18.2 Å². The normalized spacial score (nSPS) is 13.4. The van der Waals surface area contributed by atoms with Crippen molar-refractivity contribution in [2.75, 3.05) is 16.8 Å². The molecule has 0 saturated carbocycles. The van der Waals surface area contributed by atoms with E-state index in [1.54, 1.807) is 19.9 Å². The number of hydrogen-bond acceptors (Lipinski definition) is 4. The first-order valence-electron chi connectivity index (χ1n) is 5.02. The highest BCUT2D eigenvalue weighted by atomic mass is 32.2. The van der Waals surface area contributed by atoms with Crippen LogP contribution >= 0.6 is 0 Å². The van der Waals surface area contributed by atoms with Gasteiger partial charge in [0.2, 0.25) is 5.95 Å². The molecule has 0 aliphatic rings. The van der Waals surface area contributed by atoms with Crippen molar-refractivity contribution >= 4 is 15.7 Å². The Morgan fingerprint density at radius 2 is 2.19 bits per heavy atom. The first kappa shape index (κ1) is 12.9. The smallest absolute Gasteiger partial charge is 0.214 e. The maximum absolute atomic E-state index is 12.8. The second-order valence-corrected chi connectivity index (χ2v) is 5.99. The minimum absolute atomic E-state index is 0.0156. The van der Waals surface area contributed by atoms with Gasteiger partial charge in [-0.2, -0.15) is 4.39 Å². The van der Waals surface area contributed by atoms with Gasteiger partial charge in [-0.05, 0) is 19.1 Å². The first-order valence-corrected chi connectivity index (χ1v) is 6.84. The summed E-state index contributed by atoms with van der Waals surface area (Å²) in [5, 5.41) is 2.84. The van der Waals surface area contributed by atoms with Crippen molar-refractivity contribution in [3.8, 4) is 0 Å². The van der Waals surface area contributed by atoms with Crippen LogP contribution in [-0.2, 0) is 9.84 Å². The van der Waals surface area contributed by atoms with Crippen LogP contribution in [0.3, 0.4) is 0 Å². The van der Waals surface area contributed by atoms with E-state index in [1.807, 2.05) is 0 Å². The van der Waals surface area contributed by atoms with Crippen LogP contribution in [0.1, 0.15) is 13.8 Å². The van der Waals surface area contributed by atoms with E-state index in [0.717, 1.165) is 0 Å². The molecule has 16 heavy (non-hydrogen) atoms. The standard InChI is InChI=1S/C10H15FN2O2S/c1-3-16(14,15)7-8(2)12-10-6-4-5-9(11)13-10/h4-6,8H,3,7H2,1-2H3,(H,12,13). The van der Waals surface area contributed by atoms with E-state index >= 15 is 0 Å². The molecule has 0 aromatic carbocycles. The predicted molar refractivity (Wildman–Crippen MR) is 61.6 cm³/mol. The van der Waals surface area contributed by atoms with E-state index in [1.165, 1.54) is 12.1 Å². The lowest BCUT2D eigenvalue weighted by atomic mass is 10.3. The molecule has 1 aromatic heterocycles. The summed E-state index contributed by atoms with van der Waals surface area (Å²) < 4.78 is 35.4. The summed E-state index contributed by atoms with van der Waals surface area (Å²) in [6.07, 6.45) is 0. The average Bonchev–Trinajstić information content (AvgIpc) is 2.16. The van der Waals surface area contributed by atoms with Crippen LogP contribution < -0.4 is 5.32 Å². The fourth-order valence-electron chi connectivity index (χ4n) is 1.28. The van der Waals surface area contributed by atoms with Crippen molar-refractivity contribution in [2.45, 2.75) is 19.9 Å². The maximum atomic E-state index is 12.8. The molecule has 0 spiro atoms. The van der Waals surface area contributed by atoms with Crippen molar-refractivity contribution in [1.82, 2.24) is 4.98 Å². The molecule has 0 radical (unpaired) electrons. The van der Waals surface area contributed by atoms with E-state index in [4.69, 9.17) is 0 Å². The van der Waals surface area contributed by atoms with Gasteiger partial charge in [-0.25, -0.2) is 13.4 Å². The van der Waals surface area contributed by atoms with Gasteiger partial charge in [-0.1, -0.05) is 13.0 Å². The minimum Gasteiger partial charge on any atom is -0.367 e. The molecular weight excluding hydrogens is 231 g/mol. The highest BCUT2D eigenvalue weighted by Crippen LogP contribution is 2.06. The average molecular weight is 246 g/mol. The third-order valence-electron chi connectivity index (χ3n) is 2.05. The zero-order chi connectivity index (χ0) is 12.2. The monoisotopic (exact) mass is 246 g/mol. The second kappa shape index (κ2) is 5.25. The summed E-state index contributed by atoms with van der Waals surface area (Å²) in [5.41, 5.74) is 0. The number of pyridine rings is 1. The minimum atomic E-state index is -3.03. The number of halogens is 1. The van der Waals surface area contributed by atoms with Crippen molar-refractivity contribution in [3.63, 3.8) is 0 Å². The van der Waals surface area contributed by atoms with Gasteiger partial charge in [-0.3, -0.25) is 0 Å². The number of rotatable bonds is 5. The fraction of sp³-hybridized carbons (Fsp3) is 0.500. The van der Waals surface area contributed by atoms with Crippen LogP contribution in [0.25, 0.3) is 0 Å². The van der Waals surface area contributed by atoms with E-state index in [0.29, 0.717) is 5.82 Å². The number of aromatic nitrogens is 1. The van der Waals surface area contributed by atoms with Gasteiger partial charge in [-0.15, -0.1) is 0 Å². The molecule has 0 bridgehead atoms. The summed E-state index contributed by atoms with van der Waals surface area (Å²) in [7, 11) is -3.03. The highest BCUT2D eigenvalue weighted by molar-refractivity contribution is 7.91. The predicted octanol–water partition coefficient (Wildman–Crippen LogP) is 1.46. The molecule has 0 fully saturated rings. The molecule has 1 unspecified atom stereocenters. The number of sulfone groups is 1. The molecule has 4 nitrogen and oxygen atoms in total. The maximum Gasteiger partial charge on any atom is 0.214 e. The lowest BCUT2D eigenvalue weighted by Gasteiger charge is -2.13. The Hall–Kier alpha value is -1.17. The number of nitrogens with one attached hydrogen (secondary N) is 1. The lowest BCUT2D eigenvalue weighted by molar-refractivity contribution is 0.583. The summed E-state index contributed by atoms with van der Waals surface area (Å²) in [6, 6.07) is 4.06. The molecule has 0 saturated heterocycles. The number of hydrogen-bond donors (Lipinski definition) is 1. The molecule has 1 atom stereocenters. The van der Waals surface area contributed by atoms with Crippen molar-refractivity contribution in [2.24, 2.45) is 0 Å². The van der Waals surface area contributed by atoms with Gasteiger partial charge in [0.1, 0.15) is 5.82 Å². The van der Waals surface area contributed by atoms with E-state index in [9.17, 15) is 12.8 Å². The van der Waals surface area contributed by atoms with Gasteiger partial charge >= 0.3 is 0 Å².